The van der Waals surface area contributed by atoms with Gasteiger partial charge in [-0.2, -0.15) is 5.10 Å². The predicted octanol–water partition coefficient (Wildman–Crippen LogP) is 2.24. The third kappa shape index (κ3) is 7.88. The molecule has 2 aromatic rings. The number of piperazine rings is 1. The van der Waals surface area contributed by atoms with Gasteiger partial charge in [-0.3, -0.25) is 9.58 Å². The Labute approximate surface area is 197 Å². The Morgan fingerprint density at radius 2 is 1.73 bits per heavy atom. The molecule has 2 heterocycles. The minimum absolute atomic E-state index is 0. The van der Waals surface area contributed by atoms with Crippen LogP contribution in [0, 0.1) is 0 Å². The van der Waals surface area contributed by atoms with Crippen molar-refractivity contribution in [2.75, 3.05) is 52.4 Å². The number of halogens is 1. The third-order valence-electron chi connectivity index (χ3n) is 5.39. The first-order valence-corrected chi connectivity index (χ1v) is 10.8. The molecular weight excluding hydrogens is 489 g/mol. The summed E-state index contributed by atoms with van der Waals surface area (Å²) in [5.74, 6) is 0.883. The molecule has 1 aromatic heterocycles. The van der Waals surface area contributed by atoms with E-state index >= 15 is 0 Å². The Balaban J connectivity index is 0.00000320. The van der Waals surface area contributed by atoms with Crippen LogP contribution in [0.1, 0.15) is 25.0 Å². The Hall–Kier alpha value is -1.65. The Bertz CT molecular complexity index is 740. The molecule has 2 N–H and O–H groups in total. The molecule has 7 nitrogen and oxygen atoms in total. The van der Waals surface area contributed by atoms with Crippen molar-refractivity contribution in [2.45, 2.75) is 26.9 Å². The molecule has 1 fully saturated rings. The summed E-state index contributed by atoms with van der Waals surface area (Å²) < 4.78 is 1.95. The lowest BCUT2D eigenvalue weighted by atomic mass is 10.1. The van der Waals surface area contributed by atoms with Gasteiger partial charge in [-0.25, -0.2) is 4.99 Å². The zero-order chi connectivity index (χ0) is 20.3. The Morgan fingerprint density at radius 3 is 2.40 bits per heavy atom. The molecule has 0 spiro atoms. The lowest BCUT2D eigenvalue weighted by Crippen LogP contribution is -2.49. The van der Waals surface area contributed by atoms with E-state index in [1.165, 1.54) is 24.2 Å². The molecule has 0 atom stereocenters. The van der Waals surface area contributed by atoms with Crippen LogP contribution in [0.25, 0.3) is 0 Å². The number of aliphatic imine (C=N–C) groups is 1. The van der Waals surface area contributed by atoms with E-state index in [1.807, 2.05) is 23.1 Å². The van der Waals surface area contributed by atoms with Crippen LogP contribution in [0.15, 0.2) is 47.7 Å². The van der Waals surface area contributed by atoms with Crippen molar-refractivity contribution in [2.24, 2.45) is 4.99 Å². The smallest absolute Gasteiger partial charge is 0.191 e. The molecule has 0 aliphatic carbocycles. The summed E-state index contributed by atoms with van der Waals surface area (Å²) in [5.41, 5.74) is 2.49. The number of nitrogens with one attached hydrogen (secondary N) is 2. The molecule has 0 amide bonds. The molecule has 30 heavy (non-hydrogen) atoms. The van der Waals surface area contributed by atoms with Gasteiger partial charge in [-0.15, -0.1) is 24.0 Å². The van der Waals surface area contributed by atoms with Crippen LogP contribution >= 0.6 is 24.0 Å². The summed E-state index contributed by atoms with van der Waals surface area (Å²) in [6.45, 7) is 14.4. The first-order chi connectivity index (χ1) is 14.3. The monoisotopic (exact) mass is 525 g/mol. The van der Waals surface area contributed by atoms with Gasteiger partial charge in [-0.1, -0.05) is 31.2 Å². The highest BCUT2D eigenvalue weighted by molar-refractivity contribution is 14.0. The number of likely N-dealkylation sites (N-methyl/N-ethyl adjacent to an activating group) is 1. The van der Waals surface area contributed by atoms with E-state index in [-0.39, 0.29) is 24.0 Å². The quantitative estimate of drug-likeness (QED) is 0.299. The number of benzene rings is 1. The minimum Gasteiger partial charge on any atom is -0.357 e. The number of rotatable bonds is 9. The van der Waals surface area contributed by atoms with Gasteiger partial charge in [0.05, 0.1) is 13.1 Å². The van der Waals surface area contributed by atoms with Crippen molar-refractivity contribution in [3.05, 3.63) is 53.9 Å². The van der Waals surface area contributed by atoms with E-state index < -0.39 is 0 Å². The highest BCUT2D eigenvalue weighted by atomic mass is 127. The molecule has 1 aliphatic rings. The maximum absolute atomic E-state index is 4.82. The van der Waals surface area contributed by atoms with Gasteiger partial charge < -0.3 is 15.5 Å². The molecule has 0 radical (unpaired) electrons. The van der Waals surface area contributed by atoms with Crippen molar-refractivity contribution < 1.29 is 0 Å². The van der Waals surface area contributed by atoms with Gasteiger partial charge in [0.1, 0.15) is 0 Å². The number of hydrogen-bond donors (Lipinski definition) is 2. The van der Waals surface area contributed by atoms with Crippen LogP contribution in [0.3, 0.4) is 0 Å². The van der Waals surface area contributed by atoms with Gasteiger partial charge in [0.25, 0.3) is 0 Å². The molecular formula is C22H36IN7. The highest BCUT2D eigenvalue weighted by Gasteiger charge is 2.14. The van der Waals surface area contributed by atoms with Gasteiger partial charge in [0.15, 0.2) is 5.96 Å². The van der Waals surface area contributed by atoms with E-state index in [1.54, 1.807) is 0 Å². The molecule has 3 rings (SSSR count). The van der Waals surface area contributed by atoms with E-state index in [2.05, 4.69) is 63.6 Å². The first kappa shape index (κ1) is 24.6. The average molecular weight is 525 g/mol. The number of aromatic nitrogens is 2. The molecule has 0 saturated carbocycles. The maximum Gasteiger partial charge on any atom is 0.191 e. The second-order valence-electron chi connectivity index (χ2n) is 7.37. The highest BCUT2D eigenvalue weighted by Crippen LogP contribution is 2.11. The summed E-state index contributed by atoms with van der Waals surface area (Å²) in [5, 5.41) is 11.2. The summed E-state index contributed by atoms with van der Waals surface area (Å²) >= 11 is 0. The maximum atomic E-state index is 4.82. The SMILES string of the molecule is CCNC(=NCc1ccccc1Cn1cccn1)NCCN1CCN(CC)CC1.I. The zero-order valence-electron chi connectivity index (χ0n) is 18.3. The second kappa shape index (κ2) is 13.6. The van der Waals surface area contributed by atoms with Gasteiger partial charge in [0.2, 0.25) is 0 Å². The number of nitrogens with zero attached hydrogens (tertiary/aromatic N) is 5. The van der Waals surface area contributed by atoms with E-state index in [0.29, 0.717) is 6.54 Å². The standard InChI is InChI=1S/C22H35N7.HI/c1-3-23-22(24-11-13-28-16-14-27(4-2)15-17-28)25-18-20-8-5-6-9-21(20)19-29-12-7-10-26-29;/h5-10,12H,3-4,11,13-19H2,1-2H3,(H2,23,24,25);1H. The van der Waals surface area contributed by atoms with Gasteiger partial charge >= 0.3 is 0 Å². The summed E-state index contributed by atoms with van der Waals surface area (Å²) in [6, 6.07) is 10.4. The van der Waals surface area contributed by atoms with Gasteiger partial charge in [-0.05, 0) is 30.7 Å². The normalized spacial score (nSPS) is 15.6. The molecule has 0 bridgehead atoms. The fourth-order valence-corrected chi connectivity index (χ4v) is 3.60. The lowest BCUT2D eigenvalue weighted by molar-refractivity contribution is 0.139. The van der Waals surface area contributed by atoms with E-state index in [0.717, 1.165) is 51.8 Å². The molecule has 166 valence electrons. The van der Waals surface area contributed by atoms with E-state index in [4.69, 9.17) is 4.99 Å². The Kier molecular flexibility index (Phi) is 11.2. The van der Waals surface area contributed by atoms with Crippen molar-refractivity contribution in [3.63, 3.8) is 0 Å². The fraction of sp³-hybridized carbons (Fsp3) is 0.545. The molecule has 0 unspecified atom stereocenters. The van der Waals surface area contributed by atoms with Crippen molar-refractivity contribution in [1.82, 2.24) is 30.2 Å². The first-order valence-electron chi connectivity index (χ1n) is 10.8. The largest absolute Gasteiger partial charge is 0.357 e. The van der Waals surface area contributed by atoms with Crippen LogP contribution in [0.2, 0.25) is 0 Å². The topological polar surface area (TPSA) is 60.7 Å². The fourth-order valence-electron chi connectivity index (χ4n) is 3.60. The van der Waals surface area contributed by atoms with Crippen LogP contribution in [-0.2, 0) is 13.1 Å². The average Bonchev–Trinajstić information content (AvgIpc) is 3.26. The van der Waals surface area contributed by atoms with Crippen molar-refractivity contribution in [1.29, 1.82) is 0 Å². The Morgan fingerprint density at radius 1 is 1.00 bits per heavy atom. The van der Waals surface area contributed by atoms with Crippen LogP contribution in [0.4, 0.5) is 0 Å². The lowest BCUT2D eigenvalue weighted by Gasteiger charge is -2.34. The van der Waals surface area contributed by atoms with Crippen LogP contribution in [-0.4, -0.2) is 77.9 Å². The number of guanidine groups is 1. The molecule has 1 aromatic carbocycles. The molecule has 8 heteroatoms. The van der Waals surface area contributed by atoms with Crippen molar-refractivity contribution >= 4 is 29.9 Å². The van der Waals surface area contributed by atoms with Crippen LogP contribution < -0.4 is 10.6 Å². The van der Waals surface area contributed by atoms with Gasteiger partial charge in [0, 0.05) is 58.2 Å². The van der Waals surface area contributed by atoms with Crippen LogP contribution in [0.5, 0.6) is 0 Å². The van der Waals surface area contributed by atoms with Crippen molar-refractivity contribution in [3.8, 4) is 0 Å². The minimum atomic E-state index is 0. The number of hydrogen-bond acceptors (Lipinski definition) is 4. The predicted molar refractivity (Wildman–Crippen MR) is 135 cm³/mol. The summed E-state index contributed by atoms with van der Waals surface area (Å²) in [6.07, 6.45) is 3.81. The second-order valence-corrected chi connectivity index (χ2v) is 7.37. The third-order valence-corrected chi connectivity index (χ3v) is 5.39. The molecule has 1 aliphatic heterocycles. The zero-order valence-corrected chi connectivity index (χ0v) is 20.6. The van der Waals surface area contributed by atoms with E-state index in [9.17, 15) is 0 Å². The summed E-state index contributed by atoms with van der Waals surface area (Å²) in [4.78, 5) is 9.86. The molecule has 1 saturated heterocycles. The summed E-state index contributed by atoms with van der Waals surface area (Å²) in [7, 11) is 0.